The molecular formula is C10H12BrClFNO2S. The van der Waals surface area contributed by atoms with Gasteiger partial charge in [0.25, 0.3) is 0 Å². The molecular weight excluding hydrogens is 333 g/mol. The highest BCUT2D eigenvalue weighted by molar-refractivity contribution is 9.10. The number of alkyl halides is 1. The molecule has 0 amide bonds. The Kier molecular flexibility index (Phi) is 5.22. The minimum Gasteiger partial charge on any atom is -0.283 e. The molecule has 1 aromatic rings. The molecule has 0 spiro atoms. The van der Waals surface area contributed by atoms with Crippen LogP contribution in [0.5, 0.6) is 0 Å². The molecule has 1 N–H and O–H groups in total. The van der Waals surface area contributed by atoms with Crippen LogP contribution in [0.2, 0.25) is 0 Å². The van der Waals surface area contributed by atoms with Crippen molar-refractivity contribution in [3.05, 3.63) is 28.0 Å². The highest BCUT2D eigenvalue weighted by atomic mass is 79.9. The summed E-state index contributed by atoms with van der Waals surface area (Å²) in [5.41, 5.74) is 0.896. The van der Waals surface area contributed by atoms with Crippen molar-refractivity contribution in [2.45, 2.75) is 13.3 Å². The minimum absolute atomic E-state index is 0.0758. The average Bonchev–Trinajstić information content (AvgIpc) is 2.23. The van der Waals surface area contributed by atoms with Crippen LogP contribution >= 0.6 is 27.5 Å². The van der Waals surface area contributed by atoms with Crippen molar-refractivity contribution in [1.82, 2.24) is 0 Å². The Bertz CT molecular complexity index is 507. The van der Waals surface area contributed by atoms with Gasteiger partial charge in [0.05, 0.1) is 15.9 Å². The lowest BCUT2D eigenvalue weighted by Gasteiger charge is -2.10. The van der Waals surface area contributed by atoms with Crippen molar-refractivity contribution >= 4 is 43.2 Å². The maximum Gasteiger partial charge on any atom is 0.232 e. The summed E-state index contributed by atoms with van der Waals surface area (Å²) in [4.78, 5) is 0. The molecule has 17 heavy (non-hydrogen) atoms. The van der Waals surface area contributed by atoms with E-state index in [0.717, 1.165) is 6.07 Å². The van der Waals surface area contributed by atoms with Crippen molar-refractivity contribution in [3.8, 4) is 0 Å². The van der Waals surface area contributed by atoms with Crippen LogP contribution in [0.3, 0.4) is 0 Å². The van der Waals surface area contributed by atoms with Crippen LogP contribution in [0, 0.1) is 12.7 Å². The van der Waals surface area contributed by atoms with Crippen molar-refractivity contribution in [2.75, 3.05) is 16.4 Å². The predicted molar refractivity (Wildman–Crippen MR) is 71.6 cm³/mol. The third-order valence-electron chi connectivity index (χ3n) is 2.08. The summed E-state index contributed by atoms with van der Waals surface area (Å²) in [5.74, 6) is -0.312. The van der Waals surface area contributed by atoms with Gasteiger partial charge in [-0.1, -0.05) is 0 Å². The van der Waals surface area contributed by atoms with E-state index in [-0.39, 0.29) is 17.3 Å². The Hall–Kier alpha value is -0.330. The van der Waals surface area contributed by atoms with E-state index in [4.69, 9.17) is 11.6 Å². The molecule has 0 heterocycles. The molecule has 0 saturated carbocycles. The van der Waals surface area contributed by atoms with Crippen LogP contribution in [0.15, 0.2) is 16.6 Å². The number of halogens is 3. The Morgan fingerprint density at radius 2 is 2.12 bits per heavy atom. The van der Waals surface area contributed by atoms with Gasteiger partial charge in [-0.25, -0.2) is 12.8 Å². The summed E-state index contributed by atoms with van der Waals surface area (Å²) in [6.45, 7) is 1.70. The van der Waals surface area contributed by atoms with E-state index in [1.54, 1.807) is 6.92 Å². The van der Waals surface area contributed by atoms with Crippen LogP contribution in [-0.4, -0.2) is 20.1 Å². The van der Waals surface area contributed by atoms with Gasteiger partial charge in [-0.05, 0) is 47.0 Å². The number of rotatable bonds is 5. The molecule has 1 aromatic carbocycles. The topological polar surface area (TPSA) is 46.2 Å². The predicted octanol–water partition coefficient (Wildman–Crippen LogP) is 3.27. The van der Waals surface area contributed by atoms with Crippen LogP contribution in [0.4, 0.5) is 10.1 Å². The lowest BCUT2D eigenvalue weighted by atomic mass is 10.2. The fraction of sp³-hybridized carbons (Fsp3) is 0.400. The normalized spacial score (nSPS) is 11.5. The highest BCUT2D eigenvalue weighted by Gasteiger charge is 2.13. The first kappa shape index (κ1) is 14.7. The van der Waals surface area contributed by atoms with Crippen molar-refractivity contribution in [3.63, 3.8) is 0 Å². The van der Waals surface area contributed by atoms with E-state index in [1.165, 1.54) is 6.07 Å². The molecule has 7 heteroatoms. The number of hydrogen-bond donors (Lipinski definition) is 1. The second kappa shape index (κ2) is 6.02. The number of hydrogen-bond acceptors (Lipinski definition) is 2. The SMILES string of the molecule is Cc1cc(Br)c(F)cc1NS(=O)(=O)CCCCl. The largest absolute Gasteiger partial charge is 0.283 e. The summed E-state index contributed by atoms with van der Waals surface area (Å²) in [6.07, 6.45) is 0.356. The Morgan fingerprint density at radius 1 is 1.47 bits per heavy atom. The van der Waals surface area contributed by atoms with Crippen LogP contribution in [0.25, 0.3) is 0 Å². The third-order valence-corrected chi connectivity index (χ3v) is 4.31. The van der Waals surface area contributed by atoms with Gasteiger partial charge in [0, 0.05) is 5.88 Å². The van der Waals surface area contributed by atoms with E-state index >= 15 is 0 Å². The Balaban J connectivity index is 2.92. The monoisotopic (exact) mass is 343 g/mol. The quantitative estimate of drug-likeness (QED) is 0.833. The van der Waals surface area contributed by atoms with E-state index < -0.39 is 15.8 Å². The van der Waals surface area contributed by atoms with Crippen LogP contribution < -0.4 is 4.72 Å². The van der Waals surface area contributed by atoms with Gasteiger partial charge in [-0.2, -0.15) is 0 Å². The number of sulfonamides is 1. The molecule has 0 bridgehead atoms. The lowest BCUT2D eigenvalue weighted by molar-refractivity contribution is 0.599. The summed E-state index contributed by atoms with van der Waals surface area (Å²) in [7, 11) is -3.47. The first-order chi connectivity index (χ1) is 7.85. The maximum absolute atomic E-state index is 13.3. The second-order valence-corrected chi connectivity index (χ2v) is 6.62. The zero-order valence-corrected chi connectivity index (χ0v) is 12.3. The molecule has 0 atom stereocenters. The zero-order chi connectivity index (χ0) is 13.1. The summed E-state index contributed by atoms with van der Waals surface area (Å²) in [6, 6.07) is 2.67. The van der Waals surface area contributed by atoms with Gasteiger partial charge >= 0.3 is 0 Å². The van der Waals surface area contributed by atoms with Gasteiger partial charge in [0.15, 0.2) is 0 Å². The molecule has 0 unspecified atom stereocenters. The Morgan fingerprint density at radius 3 is 2.71 bits per heavy atom. The van der Waals surface area contributed by atoms with Gasteiger partial charge in [-0.3, -0.25) is 4.72 Å². The number of benzene rings is 1. The van der Waals surface area contributed by atoms with Gasteiger partial charge in [0.2, 0.25) is 10.0 Å². The maximum atomic E-state index is 13.3. The van der Waals surface area contributed by atoms with Gasteiger partial charge < -0.3 is 0 Å². The van der Waals surface area contributed by atoms with E-state index in [9.17, 15) is 12.8 Å². The van der Waals surface area contributed by atoms with Gasteiger partial charge in [-0.15, -0.1) is 11.6 Å². The molecule has 0 aliphatic heterocycles. The molecule has 1 rings (SSSR count). The van der Waals surface area contributed by atoms with Crippen molar-refractivity contribution < 1.29 is 12.8 Å². The lowest BCUT2D eigenvalue weighted by Crippen LogP contribution is -2.17. The minimum atomic E-state index is -3.47. The first-order valence-electron chi connectivity index (χ1n) is 4.88. The molecule has 0 saturated heterocycles. The number of aryl methyl sites for hydroxylation is 1. The van der Waals surface area contributed by atoms with Crippen LogP contribution in [-0.2, 0) is 10.0 Å². The zero-order valence-electron chi connectivity index (χ0n) is 9.13. The van der Waals surface area contributed by atoms with Gasteiger partial charge in [0.1, 0.15) is 5.82 Å². The van der Waals surface area contributed by atoms with E-state index in [1.807, 2.05) is 0 Å². The fourth-order valence-corrected chi connectivity index (χ4v) is 3.15. The Labute approximate surface area is 114 Å². The molecule has 3 nitrogen and oxygen atoms in total. The number of nitrogens with one attached hydrogen (secondary N) is 1. The summed E-state index contributed by atoms with van der Waals surface area (Å²) < 4.78 is 39.1. The summed E-state index contributed by atoms with van der Waals surface area (Å²) >= 11 is 8.46. The van der Waals surface area contributed by atoms with Crippen LogP contribution in [0.1, 0.15) is 12.0 Å². The molecule has 0 aliphatic rings. The van der Waals surface area contributed by atoms with E-state index in [2.05, 4.69) is 20.7 Å². The highest BCUT2D eigenvalue weighted by Crippen LogP contribution is 2.24. The fourth-order valence-electron chi connectivity index (χ4n) is 1.22. The molecule has 0 radical (unpaired) electrons. The standard InChI is InChI=1S/C10H12BrClFNO2S/c1-7-5-8(11)9(13)6-10(7)14-17(15,16)4-2-3-12/h5-6,14H,2-4H2,1H3. The smallest absolute Gasteiger partial charge is 0.232 e. The second-order valence-electron chi connectivity index (χ2n) is 3.54. The first-order valence-corrected chi connectivity index (χ1v) is 7.86. The molecule has 0 aliphatic carbocycles. The third kappa shape index (κ3) is 4.44. The summed E-state index contributed by atoms with van der Waals surface area (Å²) in [5, 5.41) is 0. The average molecular weight is 345 g/mol. The number of anilines is 1. The molecule has 96 valence electrons. The van der Waals surface area contributed by atoms with E-state index in [0.29, 0.717) is 16.5 Å². The molecule has 0 fully saturated rings. The van der Waals surface area contributed by atoms with Crippen molar-refractivity contribution in [1.29, 1.82) is 0 Å². The molecule has 0 aromatic heterocycles. The van der Waals surface area contributed by atoms with Crippen molar-refractivity contribution in [2.24, 2.45) is 0 Å².